The molecule has 1 aliphatic heterocycles. The lowest BCUT2D eigenvalue weighted by molar-refractivity contribution is -0.252. The number of aliphatic hydroxyl groups is 1. The number of hydrogen-bond acceptors (Lipinski definition) is 2. The standard InChI is InChI=1S/C30H50O2/c1-25(2)14-16-30-17-15-28(6)19(23(30)24(25)32-18-30)8-9-21-27(5)12-11-22(31)26(3,4)20(27)10-13-29(21,28)7/h19-24,31H,8-18H2,1-7H3/t19-,20+,21+,22+,23-,24+,27+,28-,29+,30-/m1/s1. The van der Waals surface area contributed by atoms with Crippen LogP contribution in [0.2, 0.25) is 0 Å². The molecule has 1 saturated heterocycles. The van der Waals surface area contributed by atoms with E-state index >= 15 is 0 Å². The molecule has 1 N–H and O–H groups in total. The molecule has 0 unspecified atom stereocenters. The first-order valence-corrected chi connectivity index (χ1v) is 14.1. The molecular weight excluding hydrogens is 392 g/mol. The topological polar surface area (TPSA) is 29.5 Å². The summed E-state index contributed by atoms with van der Waals surface area (Å²) < 4.78 is 6.71. The molecule has 0 radical (unpaired) electrons. The molecule has 5 saturated carbocycles. The van der Waals surface area contributed by atoms with Crippen LogP contribution in [-0.4, -0.2) is 23.9 Å². The first kappa shape index (κ1) is 22.4. The van der Waals surface area contributed by atoms with Crippen molar-refractivity contribution in [2.45, 2.75) is 125 Å². The molecule has 0 aromatic rings. The third-order valence-corrected chi connectivity index (χ3v) is 14.1. The summed E-state index contributed by atoms with van der Waals surface area (Å²) in [6.45, 7) is 18.9. The van der Waals surface area contributed by atoms with E-state index in [0.29, 0.717) is 39.1 Å². The van der Waals surface area contributed by atoms with Crippen molar-refractivity contribution in [3.8, 4) is 0 Å². The van der Waals surface area contributed by atoms with Gasteiger partial charge in [0.15, 0.2) is 0 Å². The van der Waals surface area contributed by atoms with Crippen LogP contribution in [0.25, 0.3) is 0 Å². The Morgan fingerprint density at radius 2 is 1.41 bits per heavy atom. The van der Waals surface area contributed by atoms with Gasteiger partial charge in [-0.2, -0.15) is 0 Å². The van der Waals surface area contributed by atoms with Gasteiger partial charge in [-0.3, -0.25) is 0 Å². The molecule has 32 heavy (non-hydrogen) atoms. The van der Waals surface area contributed by atoms with Gasteiger partial charge in [0.25, 0.3) is 0 Å². The molecule has 6 fully saturated rings. The van der Waals surface area contributed by atoms with Crippen molar-refractivity contribution in [1.29, 1.82) is 0 Å². The Morgan fingerprint density at radius 3 is 2.16 bits per heavy atom. The summed E-state index contributed by atoms with van der Waals surface area (Å²) in [5.41, 5.74) is 2.16. The van der Waals surface area contributed by atoms with Gasteiger partial charge in [0, 0.05) is 0 Å². The lowest BCUT2D eigenvalue weighted by Gasteiger charge is -2.73. The molecule has 6 aliphatic rings. The Balaban J connectivity index is 1.39. The lowest BCUT2D eigenvalue weighted by atomic mass is 9.31. The van der Waals surface area contributed by atoms with E-state index in [9.17, 15) is 5.11 Å². The van der Waals surface area contributed by atoms with Crippen molar-refractivity contribution in [2.24, 2.45) is 56.2 Å². The maximum atomic E-state index is 10.9. The Morgan fingerprint density at radius 1 is 0.688 bits per heavy atom. The van der Waals surface area contributed by atoms with E-state index in [1.807, 2.05) is 0 Å². The number of hydrogen-bond donors (Lipinski definition) is 1. The predicted molar refractivity (Wildman–Crippen MR) is 130 cm³/mol. The van der Waals surface area contributed by atoms with Crippen LogP contribution in [0, 0.1) is 56.2 Å². The van der Waals surface area contributed by atoms with Gasteiger partial charge in [0.1, 0.15) is 0 Å². The second-order valence-electron chi connectivity index (χ2n) is 15.7. The van der Waals surface area contributed by atoms with Crippen molar-refractivity contribution in [3.63, 3.8) is 0 Å². The van der Waals surface area contributed by atoms with Crippen molar-refractivity contribution in [2.75, 3.05) is 6.61 Å². The largest absolute Gasteiger partial charge is 0.393 e. The van der Waals surface area contributed by atoms with Crippen molar-refractivity contribution in [1.82, 2.24) is 0 Å². The molecular formula is C30H50O2. The Kier molecular flexibility index (Phi) is 4.46. The third-order valence-electron chi connectivity index (χ3n) is 14.1. The summed E-state index contributed by atoms with van der Waals surface area (Å²) in [7, 11) is 0. The predicted octanol–water partition coefficient (Wildman–Crippen LogP) is 7.24. The van der Waals surface area contributed by atoms with Gasteiger partial charge in [-0.15, -0.1) is 0 Å². The highest BCUT2D eigenvalue weighted by Crippen LogP contribution is 2.78. The summed E-state index contributed by atoms with van der Waals surface area (Å²) in [4.78, 5) is 0. The maximum absolute atomic E-state index is 10.9. The SMILES string of the molecule is CC1(C)CC[C@]23CC[C@]4(C)[C@H](CC[C@H]5[C@@]6(C)CC[C@H](O)C(C)(C)[C@@H]6CC[C@@]54C)[C@@H]2[C@@H]1OC3. The molecule has 0 aromatic carbocycles. The third kappa shape index (κ3) is 2.41. The van der Waals surface area contributed by atoms with Crippen LogP contribution < -0.4 is 0 Å². The second-order valence-corrected chi connectivity index (χ2v) is 15.7. The minimum absolute atomic E-state index is 0.0586. The molecule has 2 heteroatoms. The van der Waals surface area contributed by atoms with Gasteiger partial charge >= 0.3 is 0 Å². The van der Waals surface area contributed by atoms with Gasteiger partial charge < -0.3 is 9.84 Å². The fourth-order valence-corrected chi connectivity index (χ4v) is 12.0. The highest BCUT2D eigenvalue weighted by Gasteiger charge is 2.72. The van der Waals surface area contributed by atoms with Gasteiger partial charge in [-0.05, 0) is 120 Å². The number of fused-ring (bicyclic) bond motifs is 5. The zero-order chi connectivity index (χ0) is 22.9. The molecule has 5 aliphatic carbocycles. The van der Waals surface area contributed by atoms with Crippen LogP contribution >= 0.6 is 0 Å². The highest BCUT2D eigenvalue weighted by atomic mass is 16.5. The smallest absolute Gasteiger partial charge is 0.0663 e. The summed E-state index contributed by atoms with van der Waals surface area (Å²) in [5, 5.41) is 10.9. The molecule has 0 aromatic heterocycles. The number of ether oxygens (including phenoxy) is 1. The van der Waals surface area contributed by atoms with Crippen LogP contribution in [0.1, 0.15) is 113 Å². The highest BCUT2D eigenvalue weighted by molar-refractivity contribution is 5.21. The zero-order valence-electron chi connectivity index (χ0n) is 22.1. The van der Waals surface area contributed by atoms with Crippen LogP contribution in [0.3, 0.4) is 0 Å². The van der Waals surface area contributed by atoms with Gasteiger partial charge in [-0.25, -0.2) is 0 Å². The number of aliphatic hydroxyl groups excluding tert-OH is 1. The fraction of sp³-hybridized carbons (Fsp3) is 1.00. The van der Waals surface area contributed by atoms with Crippen molar-refractivity contribution < 1.29 is 9.84 Å². The van der Waals surface area contributed by atoms with E-state index in [1.165, 1.54) is 57.8 Å². The quantitative estimate of drug-likeness (QED) is 0.428. The minimum atomic E-state index is -0.122. The molecule has 6 rings (SSSR count). The normalized spacial score (nSPS) is 60.0. The molecule has 0 amide bonds. The van der Waals surface area contributed by atoms with E-state index in [4.69, 9.17) is 4.74 Å². The van der Waals surface area contributed by atoms with E-state index in [0.717, 1.165) is 30.8 Å². The first-order valence-electron chi connectivity index (χ1n) is 14.1. The van der Waals surface area contributed by atoms with E-state index in [2.05, 4.69) is 48.5 Å². The lowest BCUT2D eigenvalue weighted by Crippen LogP contribution is -2.67. The molecule has 2 nitrogen and oxygen atoms in total. The Labute approximate surface area is 197 Å². The summed E-state index contributed by atoms with van der Waals surface area (Å²) >= 11 is 0. The fourth-order valence-electron chi connectivity index (χ4n) is 12.0. The average Bonchev–Trinajstić information content (AvgIpc) is 3.05. The summed E-state index contributed by atoms with van der Waals surface area (Å²) in [5.74, 6) is 3.11. The van der Waals surface area contributed by atoms with Crippen LogP contribution in [0.15, 0.2) is 0 Å². The van der Waals surface area contributed by atoms with Gasteiger partial charge in [-0.1, -0.05) is 48.5 Å². The monoisotopic (exact) mass is 442 g/mol. The Hall–Kier alpha value is -0.0800. The first-order chi connectivity index (χ1) is 14.8. The van der Waals surface area contributed by atoms with Crippen LogP contribution in [-0.2, 0) is 4.74 Å². The van der Waals surface area contributed by atoms with Crippen molar-refractivity contribution in [3.05, 3.63) is 0 Å². The molecule has 10 atom stereocenters. The minimum Gasteiger partial charge on any atom is -0.393 e. The molecule has 182 valence electrons. The molecule has 1 heterocycles. The van der Waals surface area contributed by atoms with Gasteiger partial charge in [0.2, 0.25) is 0 Å². The van der Waals surface area contributed by atoms with Gasteiger partial charge in [0.05, 0.1) is 18.8 Å². The Bertz CT molecular complexity index is 801. The number of rotatable bonds is 0. The molecule has 0 spiro atoms. The maximum Gasteiger partial charge on any atom is 0.0663 e. The van der Waals surface area contributed by atoms with Crippen LogP contribution in [0.4, 0.5) is 0 Å². The van der Waals surface area contributed by atoms with E-state index in [1.54, 1.807) is 0 Å². The summed E-state index contributed by atoms with van der Waals surface area (Å²) in [6.07, 6.45) is 13.7. The molecule has 2 bridgehead atoms. The van der Waals surface area contributed by atoms with E-state index < -0.39 is 0 Å². The second kappa shape index (κ2) is 6.37. The van der Waals surface area contributed by atoms with E-state index in [-0.39, 0.29) is 11.5 Å². The van der Waals surface area contributed by atoms with Crippen LogP contribution in [0.5, 0.6) is 0 Å². The van der Waals surface area contributed by atoms with Crippen molar-refractivity contribution >= 4 is 0 Å². The zero-order valence-corrected chi connectivity index (χ0v) is 22.1. The summed E-state index contributed by atoms with van der Waals surface area (Å²) in [6, 6.07) is 0. The average molecular weight is 443 g/mol.